The molecule has 96 valence electrons. The number of aryl methyl sites for hydroxylation is 2. The Hall–Kier alpha value is -1.03. The van der Waals surface area contributed by atoms with Crippen molar-refractivity contribution in [3.63, 3.8) is 0 Å². The lowest BCUT2D eigenvalue weighted by Crippen LogP contribution is -2.14. The number of hydrogen-bond acceptors (Lipinski definition) is 1. The van der Waals surface area contributed by atoms with E-state index >= 15 is 0 Å². The maximum Gasteiger partial charge on any atom is 0.416 e. The van der Waals surface area contributed by atoms with Crippen molar-refractivity contribution in [3.05, 3.63) is 34.9 Å². The first-order valence-electron chi connectivity index (χ1n) is 5.72. The summed E-state index contributed by atoms with van der Waals surface area (Å²) in [7, 11) is 0. The standard InChI is InChI=1S/C13H18F3N/c1-9-6-11(5-3-4-10(2)17)8-12(7-9)13(14,15)16/h6-8,10H,3-5,17H2,1-2H3/t10-/m1/s1. The van der Waals surface area contributed by atoms with E-state index in [0.29, 0.717) is 12.0 Å². The summed E-state index contributed by atoms with van der Waals surface area (Å²) < 4.78 is 37.7. The summed E-state index contributed by atoms with van der Waals surface area (Å²) >= 11 is 0. The maximum absolute atomic E-state index is 12.6. The van der Waals surface area contributed by atoms with Gasteiger partial charge in [-0.05, 0) is 50.8 Å². The Morgan fingerprint density at radius 3 is 2.41 bits per heavy atom. The minimum atomic E-state index is -4.26. The molecule has 0 bridgehead atoms. The van der Waals surface area contributed by atoms with Crippen LogP contribution in [0.1, 0.15) is 36.5 Å². The second-order valence-corrected chi connectivity index (χ2v) is 4.57. The van der Waals surface area contributed by atoms with Gasteiger partial charge in [0.2, 0.25) is 0 Å². The van der Waals surface area contributed by atoms with Crippen LogP contribution in [-0.4, -0.2) is 6.04 Å². The van der Waals surface area contributed by atoms with Crippen LogP contribution in [0.3, 0.4) is 0 Å². The largest absolute Gasteiger partial charge is 0.416 e. The molecule has 0 amide bonds. The number of halogens is 3. The Morgan fingerprint density at radius 1 is 1.24 bits per heavy atom. The Balaban J connectivity index is 2.76. The summed E-state index contributed by atoms with van der Waals surface area (Å²) in [5, 5.41) is 0. The lowest BCUT2D eigenvalue weighted by molar-refractivity contribution is -0.137. The molecular weight excluding hydrogens is 227 g/mol. The third-order valence-electron chi connectivity index (χ3n) is 2.59. The third kappa shape index (κ3) is 4.77. The Kier molecular flexibility index (Phi) is 4.57. The normalized spacial score (nSPS) is 13.8. The molecule has 1 aromatic carbocycles. The molecule has 0 saturated heterocycles. The fraction of sp³-hybridized carbons (Fsp3) is 0.538. The number of nitrogens with two attached hydrogens (primary N) is 1. The van der Waals surface area contributed by atoms with Crippen LogP contribution in [0, 0.1) is 6.92 Å². The first-order valence-corrected chi connectivity index (χ1v) is 5.72. The van der Waals surface area contributed by atoms with Gasteiger partial charge in [0.25, 0.3) is 0 Å². The second-order valence-electron chi connectivity index (χ2n) is 4.57. The quantitative estimate of drug-likeness (QED) is 0.860. The summed E-state index contributed by atoms with van der Waals surface area (Å²) in [6, 6.07) is 4.31. The van der Waals surface area contributed by atoms with E-state index in [-0.39, 0.29) is 6.04 Å². The summed E-state index contributed by atoms with van der Waals surface area (Å²) in [6.07, 6.45) is -1.97. The third-order valence-corrected chi connectivity index (χ3v) is 2.59. The second kappa shape index (κ2) is 5.54. The fourth-order valence-corrected chi connectivity index (χ4v) is 1.80. The smallest absolute Gasteiger partial charge is 0.328 e. The summed E-state index contributed by atoms with van der Waals surface area (Å²) in [5.74, 6) is 0. The van der Waals surface area contributed by atoms with Crippen LogP contribution in [0.2, 0.25) is 0 Å². The van der Waals surface area contributed by atoms with Gasteiger partial charge in [-0.25, -0.2) is 0 Å². The summed E-state index contributed by atoms with van der Waals surface area (Å²) in [5.41, 5.74) is 6.43. The van der Waals surface area contributed by atoms with Gasteiger partial charge in [-0.1, -0.05) is 11.6 Å². The van der Waals surface area contributed by atoms with Gasteiger partial charge >= 0.3 is 6.18 Å². The highest BCUT2D eigenvalue weighted by atomic mass is 19.4. The van der Waals surface area contributed by atoms with Crippen molar-refractivity contribution in [2.24, 2.45) is 5.73 Å². The Morgan fingerprint density at radius 2 is 1.88 bits per heavy atom. The van der Waals surface area contributed by atoms with E-state index in [0.717, 1.165) is 18.4 Å². The molecule has 0 aromatic heterocycles. The van der Waals surface area contributed by atoms with Crippen LogP contribution in [-0.2, 0) is 12.6 Å². The average Bonchev–Trinajstić information content (AvgIpc) is 2.14. The minimum Gasteiger partial charge on any atom is -0.328 e. The molecule has 1 rings (SSSR count). The molecule has 0 aliphatic rings. The molecule has 0 unspecified atom stereocenters. The molecule has 1 aromatic rings. The van der Waals surface area contributed by atoms with E-state index in [4.69, 9.17) is 5.73 Å². The first kappa shape index (κ1) is 14.0. The number of benzene rings is 1. The number of alkyl halides is 3. The molecule has 1 atom stereocenters. The molecule has 17 heavy (non-hydrogen) atoms. The zero-order chi connectivity index (χ0) is 13.1. The van der Waals surface area contributed by atoms with Gasteiger partial charge in [0.05, 0.1) is 5.56 Å². The summed E-state index contributed by atoms with van der Waals surface area (Å²) in [4.78, 5) is 0. The highest BCUT2D eigenvalue weighted by Crippen LogP contribution is 2.30. The summed E-state index contributed by atoms with van der Waals surface area (Å²) in [6.45, 7) is 3.59. The van der Waals surface area contributed by atoms with Gasteiger partial charge in [0.1, 0.15) is 0 Å². The predicted molar refractivity (Wildman–Crippen MR) is 62.8 cm³/mol. The monoisotopic (exact) mass is 245 g/mol. The van der Waals surface area contributed by atoms with Gasteiger partial charge in [0.15, 0.2) is 0 Å². The molecule has 0 saturated carbocycles. The Bertz CT molecular complexity index is 369. The van der Waals surface area contributed by atoms with Crippen LogP contribution in [0.5, 0.6) is 0 Å². The lowest BCUT2D eigenvalue weighted by atomic mass is 10.0. The number of rotatable bonds is 4. The SMILES string of the molecule is Cc1cc(CCC[C@@H](C)N)cc(C(F)(F)F)c1. The first-order chi connectivity index (χ1) is 7.79. The van der Waals surface area contributed by atoms with Gasteiger partial charge in [0, 0.05) is 6.04 Å². The van der Waals surface area contributed by atoms with Crippen LogP contribution in [0.15, 0.2) is 18.2 Å². The van der Waals surface area contributed by atoms with Crippen LogP contribution < -0.4 is 5.73 Å². The molecule has 0 spiro atoms. The van der Waals surface area contributed by atoms with Gasteiger partial charge < -0.3 is 5.73 Å². The lowest BCUT2D eigenvalue weighted by Gasteiger charge is -2.11. The molecular formula is C13H18F3N. The van der Waals surface area contributed by atoms with Crippen molar-refractivity contribution < 1.29 is 13.2 Å². The fourth-order valence-electron chi connectivity index (χ4n) is 1.80. The van der Waals surface area contributed by atoms with Crippen molar-refractivity contribution in [2.45, 2.75) is 45.3 Å². The van der Waals surface area contributed by atoms with Crippen molar-refractivity contribution >= 4 is 0 Å². The van der Waals surface area contributed by atoms with Crippen LogP contribution in [0.4, 0.5) is 13.2 Å². The average molecular weight is 245 g/mol. The van der Waals surface area contributed by atoms with E-state index in [2.05, 4.69) is 0 Å². The topological polar surface area (TPSA) is 26.0 Å². The maximum atomic E-state index is 12.6. The van der Waals surface area contributed by atoms with Crippen molar-refractivity contribution in [1.82, 2.24) is 0 Å². The molecule has 0 fully saturated rings. The van der Waals surface area contributed by atoms with Crippen molar-refractivity contribution in [2.75, 3.05) is 0 Å². The molecule has 4 heteroatoms. The van der Waals surface area contributed by atoms with Crippen molar-refractivity contribution in [3.8, 4) is 0 Å². The Labute approximate surface area is 99.8 Å². The van der Waals surface area contributed by atoms with Gasteiger partial charge in [-0.2, -0.15) is 13.2 Å². The van der Waals surface area contributed by atoms with Crippen molar-refractivity contribution in [1.29, 1.82) is 0 Å². The highest BCUT2D eigenvalue weighted by molar-refractivity contribution is 5.31. The molecule has 2 N–H and O–H groups in total. The van der Waals surface area contributed by atoms with Crippen LogP contribution in [0.25, 0.3) is 0 Å². The minimum absolute atomic E-state index is 0.0990. The molecule has 0 radical (unpaired) electrons. The molecule has 1 nitrogen and oxygen atoms in total. The van der Waals surface area contributed by atoms with E-state index < -0.39 is 11.7 Å². The van der Waals surface area contributed by atoms with E-state index in [1.807, 2.05) is 6.92 Å². The molecule has 0 heterocycles. The van der Waals surface area contributed by atoms with E-state index in [1.54, 1.807) is 13.0 Å². The van der Waals surface area contributed by atoms with Crippen LogP contribution >= 0.6 is 0 Å². The number of hydrogen-bond donors (Lipinski definition) is 1. The van der Waals surface area contributed by atoms with Gasteiger partial charge in [-0.15, -0.1) is 0 Å². The highest BCUT2D eigenvalue weighted by Gasteiger charge is 2.30. The molecule has 0 aliphatic heterocycles. The predicted octanol–water partition coefficient (Wildman–Crippen LogP) is 3.68. The molecule has 0 aliphatic carbocycles. The van der Waals surface area contributed by atoms with E-state index in [9.17, 15) is 13.2 Å². The zero-order valence-corrected chi connectivity index (χ0v) is 10.1. The van der Waals surface area contributed by atoms with Gasteiger partial charge in [-0.3, -0.25) is 0 Å². The zero-order valence-electron chi connectivity index (χ0n) is 10.1. The van der Waals surface area contributed by atoms with E-state index in [1.165, 1.54) is 12.1 Å².